The second-order valence-electron chi connectivity index (χ2n) is 6.88. The number of likely N-dealkylation sites (tertiary alicyclic amines) is 1. The summed E-state index contributed by atoms with van der Waals surface area (Å²) in [5.41, 5.74) is 2.09. The number of aryl methyl sites for hydroxylation is 1. The summed E-state index contributed by atoms with van der Waals surface area (Å²) in [7, 11) is 0. The molecule has 1 unspecified atom stereocenters. The third-order valence-corrected chi connectivity index (χ3v) is 5.93. The Morgan fingerprint density at radius 1 is 1.14 bits per heavy atom. The maximum absolute atomic E-state index is 13.0. The second kappa shape index (κ2) is 8.08. The van der Waals surface area contributed by atoms with Crippen LogP contribution in [0.25, 0.3) is 0 Å². The Morgan fingerprint density at radius 3 is 2.66 bits per heavy atom. The topological polar surface area (TPSA) is 75.2 Å². The summed E-state index contributed by atoms with van der Waals surface area (Å²) in [6.45, 7) is 2.57. The van der Waals surface area contributed by atoms with E-state index >= 15 is 0 Å². The number of anilines is 1. The lowest BCUT2D eigenvalue weighted by atomic mass is 10.1. The van der Waals surface area contributed by atoms with Gasteiger partial charge >= 0.3 is 0 Å². The van der Waals surface area contributed by atoms with E-state index in [2.05, 4.69) is 15.5 Å². The van der Waals surface area contributed by atoms with E-state index in [1.807, 2.05) is 36.1 Å². The molecule has 29 heavy (non-hydrogen) atoms. The number of benzene rings is 2. The van der Waals surface area contributed by atoms with Gasteiger partial charge in [0.1, 0.15) is 10.8 Å². The van der Waals surface area contributed by atoms with Gasteiger partial charge in [0.25, 0.3) is 11.8 Å². The quantitative estimate of drug-likeness (QED) is 0.699. The summed E-state index contributed by atoms with van der Waals surface area (Å²) < 4.78 is 13.0. The van der Waals surface area contributed by atoms with E-state index in [4.69, 9.17) is 0 Å². The first-order valence-electron chi connectivity index (χ1n) is 9.30. The molecule has 2 heterocycles. The molecule has 1 aromatic heterocycles. The average Bonchev–Trinajstić information content (AvgIpc) is 3.39. The Labute approximate surface area is 171 Å². The predicted molar refractivity (Wildman–Crippen MR) is 108 cm³/mol. The molecule has 1 aliphatic rings. The van der Waals surface area contributed by atoms with Crippen LogP contribution in [0.5, 0.6) is 0 Å². The highest BCUT2D eigenvalue weighted by molar-refractivity contribution is 7.13. The summed E-state index contributed by atoms with van der Waals surface area (Å²) >= 11 is 1.18. The van der Waals surface area contributed by atoms with Crippen molar-refractivity contribution in [2.45, 2.75) is 25.8 Å². The molecule has 0 spiro atoms. The fraction of sp³-hybridized carbons (Fsp3) is 0.238. The maximum Gasteiger partial charge on any atom is 0.286 e. The van der Waals surface area contributed by atoms with Gasteiger partial charge in [0.05, 0.1) is 6.04 Å². The highest BCUT2D eigenvalue weighted by Gasteiger charge is 2.34. The highest BCUT2D eigenvalue weighted by atomic mass is 32.1. The SMILES string of the molecule is Cc1ccccc1C(=O)N1CCCC1c1nnc(C(=O)Nc2ccc(F)cc2)s1. The highest BCUT2D eigenvalue weighted by Crippen LogP contribution is 2.35. The van der Waals surface area contributed by atoms with Crippen LogP contribution in [0.3, 0.4) is 0 Å². The van der Waals surface area contributed by atoms with Crippen LogP contribution in [0.15, 0.2) is 48.5 Å². The Morgan fingerprint density at radius 2 is 1.90 bits per heavy atom. The lowest BCUT2D eigenvalue weighted by Crippen LogP contribution is -2.31. The van der Waals surface area contributed by atoms with E-state index < -0.39 is 5.91 Å². The van der Waals surface area contributed by atoms with Gasteiger partial charge in [-0.3, -0.25) is 9.59 Å². The molecule has 0 bridgehead atoms. The van der Waals surface area contributed by atoms with Crippen LogP contribution in [-0.4, -0.2) is 33.5 Å². The van der Waals surface area contributed by atoms with Gasteiger partial charge in [-0.25, -0.2) is 4.39 Å². The molecular formula is C21H19FN4O2S. The molecular weight excluding hydrogens is 391 g/mol. The summed E-state index contributed by atoms with van der Waals surface area (Å²) in [5.74, 6) is -0.811. The van der Waals surface area contributed by atoms with Crippen molar-refractivity contribution in [2.24, 2.45) is 0 Å². The van der Waals surface area contributed by atoms with Crippen LogP contribution in [0.4, 0.5) is 10.1 Å². The first-order chi connectivity index (χ1) is 14.0. The number of halogens is 1. The van der Waals surface area contributed by atoms with E-state index in [1.54, 1.807) is 0 Å². The molecule has 3 aromatic rings. The lowest BCUT2D eigenvalue weighted by Gasteiger charge is -2.23. The van der Waals surface area contributed by atoms with Crippen LogP contribution in [0.2, 0.25) is 0 Å². The number of nitrogens with one attached hydrogen (secondary N) is 1. The number of nitrogens with zero attached hydrogens (tertiary/aromatic N) is 3. The molecule has 1 saturated heterocycles. The number of carbonyl (C=O) groups is 2. The molecule has 0 radical (unpaired) electrons. The van der Waals surface area contributed by atoms with Crippen molar-refractivity contribution < 1.29 is 14.0 Å². The zero-order valence-electron chi connectivity index (χ0n) is 15.8. The standard InChI is InChI=1S/C21H19FN4O2S/c1-13-5-2-3-6-16(13)21(28)26-12-4-7-17(26)19-24-25-20(29-19)18(27)23-15-10-8-14(22)9-11-15/h2-3,5-6,8-11,17H,4,7,12H2,1H3,(H,23,27). The average molecular weight is 410 g/mol. The minimum atomic E-state index is -0.407. The van der Waals surface area contributed by atoms with E-state index in [0.29, 0.717) is 22.8 Å². The Hall–Kier alpha value is -3.13. The number of hydrogen-bond acceptors (Lipinski definition) is 5. The molecule has 2 amide bonds. The number of carbonyl (C=O) groups excluding carboxylic acids is 2. The van der Waals surface area contributed by atoms with Gasteiger partial charge < -0.3 is 10.2 Å². The van der Waals surface area contributed by atoms with Crippen molar-refractivity contribution in [3.8, 4) is 0 Å². The zero-order chi connectivity index (χ0) is 20.4. The lowest BCUT2D eigenvalue weighted by molar-refractivity contribution is 0.0734. The Bertz CT molecular complexity index is 1050. The van der Waals surface area contributed by atoms with Crippen LogP contribution < -0.4 is 5.32 Å². The van der Waals surface area contributed by atoms with Crippen molar-refractivity contribution in [3.05, 3.63) is 75.5 Å². The smallest absolute Gasteiger partial charge is 0.286 e. The minimum absolute atomic E-state index is 0.0295. The van der Waals surface area contributed by atoms with Crippen LogP contribution in [-0.2, 0) is 0 Å². The molecule has 1 N–H and O–H groups in total. The molecule has 2 aromatic carbocycles. The maximum atomic E-state index is 13.0. The molecule has 0 saturated carbocycles. The van der Waals surface area contributed by atoms with Crippen molar-refractivity contribution in [1.29, 1.82) is 0 Å². The van der Waals surface area contributed by atoms with E-state index in [9.17, 15) is 14.0 Å². The number of rotatable bonds is 4. The number of amides is 2. The van der Waals surface area contributed by atoms with Crippen LogP contribution >= 0.6 is 11.3 Å². The molecule has 1 fully saturated rings. The molecule has 0 aliphatic carbocycles. The fourth-order valence-electron chi connectivity index (χ4n) is 3.41. The molecule has 148 valence electrons. The first kappa shape index (κ1) is 19.2. The normalized spacial score (nSPS) is 16.1. The van der Waals surface area contributed by atoms with E-state index in [-0.39, 0.29) is 22.8 Å². The Kier molecular flexibility index (Phi) is 5.35. The van der Waals surface area contributed by atoms with Gasteiger partial charge in [-0.05, 0) is 55.7 Å². The summed E-state index contributed by atoms with van der Waals surface area (Å²) in [4.78, 5) is 27.3. The Balaban J connectivity index is 1.50. The van der Waals surface area contributed by atoms with Gasteiger partial charge in [0.15, 0.2) is 0 Å². The third-order valence-electron chi connectivity index (χ3n) is 4.91. The van der Waals surface area contributed by atoms with E-state index in [0.717, 1.165) is 18.4 Å². The summed E-state index contributed by atoms with van der Waals surface area (Å²) in [6, 6.07) is 12.8. The van der Waals surface area contributed by atoms with Crippen LogP contribution in [0.1, 0.15) is 49.6 Å². The molecule has 4 rings (SSSR count). The molecule has 6 nitrogen and oxygen atoms in total. The second-order valence-corrected chi connectivity index (χ2v) is 7.89. The van der Waals surface area contributed by atoms with E-state index in [1.165, 1.54) is 35.6 Å². The summed E-state index contributed by atoms with van der Waals surface area (Å²) in [5, 5.41) is 11.7. The van der Waals surface area contributed by atoms with Gasteiger partial charge in [0, 0.05) is 17.8 Å². The monoisotopic (exact) mass is 410 g/mol. The van der Waals surface area contributed by atoms with Crippen molar-refractivity contribution >= 4 is 28.8 Å². The van der Waals surface area contributed by atoms with Crippen molar-refractivity contribution in [3.63, 3.8) is 0 Å². The zero-order valence-corrected chi connectivity index (χ0v) is 16.6. The van der Waals surface area contributed by atoms with Crippen molar-refractivity contribution in [2.75, 3.05) is 11.9 Å². The summed E-state index contributed by atoms with van der Waals surface area (Å²) in [6.07, 6.45) is 1.66. The number of hydrogen-bond donors (Lipinski definition) is 1. The van der Waals surface area contributed by atoms with Gasteiger partial charge in [0.2, 0.25) is 5.01 Å². The minimum Gasteiger partial charge on any atom is -0.329 e. The number of aromatic nitrogens is 2. The largest absolute Gasteiger partial charge is 0.329 e. The van der Waals surface area contributed by atoms with Gasteiger partial charge in [-0.2, -0.15) is 0 Å². The third kappa shape index (κ3) is 4.02. The van der Waals surface area contributed by atoms with Crippen molar-refractivity contribution in [1.82, 2.24) is 15.1 Å². The predicted octanol–water partition coefficient (Wildman–Crippen LogP) is 4.22. The fourth-order valence-corrected chi connectivity index (χ4v) is 4.30. The molecule has 1 atom stereocenters. The molecule has 1 aliphatic heterocycles. The van der Waals surface area contributed by atoms with Gasteiger partial charge in [-0.1, -0.05) is 29.5 Å². The van der Waals surface area contributed by atoms with Crippen LogP contribution in [0, 0.1) is 12.7 Å². The first-order valence-corrected chi connectivity index (χ1v) is 10.1. The van der Waals surface area contributed by atoms with Gasteiger partial charge in [-0.15, -0.1) is 10.2 Å². The molecule has 8 heteroatoms.